The summed E-state index contributed by atoms with van der Waals surface area (Å²) in [5.74, 6) is -0.341. The molecule has 1 amide bonds. The van der Waals surface area contributed by atoms with Gasteiger partial charge in [0.2, 0.25) is 0 Å². The summed E-state index contributed by atoms with van der Waals surface area (Å²) >= 11 is 0. The van der Waals surface area contributed by atoms with Crippen LogP contribution in [0.4, 0.5) is 5.69 Å². The van der Waals surface area contributed by atoms with E-state index in [0.717, 1.165) is 65.2 Å². The van der Waals surface area contributed by atoms with Crippen molar-refractivity contribution in [2.75, 3.05) is 51.3 Å². The fourth-order valence-corrected chi connectivity index (χ4v) is 4.35. The van der Waals surface area contributed by atoms with E-state index < -0.39 is 0 Å². The van der Waals surface area contributed by atoms with E-state index >= 15 is 0 Å². The smallest absolute Gasteiger partial charge is 0.263 e. The molecule has 2 saturated heterocycles. The minimum Gasteiger partial charge on any atom is -0.379 e. The molecule has 2 aliphatic rings. The number of rotatable bonds is 6. The number of amides is 1. The lowest BCUT2D eigenvalue weighted by molar-refractivity contribution is 0.0384. The van der Waals surface area contributed by atoms with E-state index in [0.29, 0.717) is 11.3 Å². The molecule has 0 aliphatic carbocycles. The Labute approximate surface area is 183 Å². The third-order valence-corrected chi connectivity index (χ3v) is 6.29. The van der Waals surface area contributed by atoms with Gasteiger partial charge in [0.05, 0.1) is 13.2 Å². The highest BCUT2D eigenvalue weighted by molar-refractivity contribution is 6.05. The number of morpholine rings is 1. The first-order valence-electron chi connectivity index (χ1n) is 11.2. The minimum atomic E-state index is -0.341. The van der Waals surface area contributed by atoms with Crippen LogP contribution < -0.4 is 16.2 Å². The van der Waals surface area contributed by atoms with Gasteiger partial charge in [-0.15, -0.1) is 0 Å². The van der Waals surface area contributed by atoms with Gasteiger partial charge in [0.1, 0.15) is 5.56 Å². The van der Waals surface area contributed by atoms with Crippen molar-refractivity contribution in [3.05, 3.63) is 63.6 Å². The molecule has 1 aromatic heterocycles. The molecule has 0 unspecified atom stereocenters. The standard InChI is InChI=1S/C24H32N4O3/c1-18-8-13-28(21-6-10-25-11-7-21)24(30)22(18)23(29)26-20-4-2-19(3-5-20)9-12-27-14-16-31-17-15-27/h2-5,8,13,21,25H,6-7,9-12,14-17H2,1H3,(H,26,29). The van der Waals surface area contributed by atoms with Gasteiger partial charge in [-0.2, -0.15) is 0 Å². The second-order valence-electron chi connectivity index (χ2n) is 8.42. The highest BCUT2D eigenvalue weighted by Gasteiger charge is 2.21. The first kappa shape index (κ1) is 21.7. The van der Waals surface area contributed by atoms with Crippen LogP contribution in [0.3, 0.4) is 0 Å². The Bertz CT molecular complexity index is 942. The van der Waals surface area contributed by atoms with E-state index in [2.05, 4.69) is 15.5 Å². The van der Waals surface area contributed by atoms with Gasteiger partial charge in [0.15, 0.2) is 0 Å². The van der Waals surface area contributed by atoms with Crippen molar-refractivity contribution < 1.29 is 9.53 Å². The Hall–Kier alpha value is -2.48. The average molecular weight is 425 g/mol. The number of pyridine rings is 1. The second-order valence-corrected chi connectivity index (χ2v) is 8.42. The molecule has 2 fully saturated rings. The fraction of sp³-hybridized carbons (Fsp3) is 0.500. The van der Waals surface area contributed by atoms with E-state index in [1.807, 2.05) is 43.5 Å². The Morgan fingerprint density at radius 2 is 1.84 bits per heavy atom. The zero-order chi connectivity index (χ0) is 21.6. The molecule has 0 bridgehead atoms. The van der Waals surface area contributed by atoms with Crippen molar-refractivity contribution in [3.63, 3.8) is 0 Å². The topological polar surface area (TPSA) is 75.6 Å². The summed E-state index contributed by atoms with van der Waals surface area (Å²) in [5, 5.41) is 6.23. The van der Waals surface area contributed by atoms with Gasteiger partial charge >= 0.3 is 0 Å². The van der Waals surface area contributed by atoms with E-state index in [4.69, 9.17) is 4.74 Å². The number of hydrogen-bond acceptors (Lipinski definition) is 5. The van der Waals surface area contributed by atoms with Crippen LogP contribution in [0.2, 0.25) is 0 Å². The second kappa shape index (κ2) is 10.2. The van der Waals surface area contributed by atoms with Gasteiger partial charge in [-0.05, 0) is 68.6 Å². The van der Waals surface area contributed by atoms with Crippen LogP contribution in [-0.2, 0) is 11.2 Å². The molecule has 2 N–H and O–H groups in total. The van der Waals surface area contributed by atoms with Crippen LogP contribution >= 0.6 is 0 Å². The third-order valence-electron chi connectivity index (χ3n) is 6.29. The number of piperidine rings is 1. The molecular weight excluding hydrogens is 392 g/mol. The monoisotopic (exact) mass is 424 g/mol. The van der Waals surface area contributed by atoms with Crippen LogP contribution in [0.1, 0.15) is 40.4 Å². The van der Waals surface area contributed by atoms with Crippen molar-refractivity contribution in [2.45, 2.75) is 32.2 Å². The van der Waals surface area contributed by atoms with Gasteiger partial charge in [-0.3, -0.25) is 14.5 Å². The van der Waals surface area contributed by atoms with Crippen LogP contribution in [0.5, 0.6) is 0 Å². The lowest BCUT2D eigenvalue weighted by atomic mass is 10.0. The molecule has 166 valence electrons. The number of nitrogens with one attached hydrogen (secondary N) is 2. The summed E-state index contributed by atoms with van der Waals surface area (Å²) in [6, 6.07) is 9.92. The summed E-state index contributed by atoms with van der Waals surface area (Å²) in [6.45, 7) is 8.20. The molecule has 4 rings (SSSR count). The van der Waals surface area contributed by atoms with Gasteiger partial charge < -0.3 is 19.9 Å². The van der Waals surface area contributed by atoms with Gasteiger partial charge in [-0.1, -0.05) is 12.1 Å². The van der Waals surface area contributed by atoms with Crippen molar-refractivity contribution in [1.29, 1.82) is 0 Å². The van der Waals surface area contributed by atoms with E-state index in [9.17, 15) is 9.59 Å². The molecule has 3 heterocycles. The van der Waals surface area contributed by atoms with E-state index in [1.54, 1.807) is 4.57 Å². The Balaban J connectivity index is 1.41. The number of carbonyl (C=O) groups excluding carboxylic acids is 1. The van der Waals surface area contributed by atoms with Crippen LogP contribution in [-0.4, -0.2) is 61.3 Å². The first-order chi connectivity index (χ1) is 15.1. The lowest BCUT2D eigenvalue weighted by Gasteiger charge is -2.26. The SMILES string of the molecule is Cc1ccn(C2CCNCC2)c(=O)c1C(=O)Nc1ccc(CCN2CCOCC2)cc1. The molecule has 2 aromatic rings. The van der Waals surface area contributed by atoms with Crippen molar-refractivity contribution in [2.24, 2.45) is 0 Å². The Morgan fingerprint density at radius 3 is 2.55 bits per heavy atom. The molecule has 0 spiro atoms. The summed E-state index contributed by atoms with van der Waals surface area (Å²) in [7, 11) is 0. The summed E-state index contributed by atoms with van der Waals surface area (Å²) < 4.78 is 7.12. The number of hydrogen-bond donors (Lipinski definition) is 2. The highest BCUT2D eigenvalue weighted by atomic mass is 16.5. The number of nitrogens with zero attached hydrogens (tertiary/aromatic N) is 2. The molecule has 7 nitrogen and oxygen atoms in total. The highest BCUT2D eigenvalue weighted by Crippen LogP contribution is 2.18. The Morgan fingerprint density at radius 1 is 1.13 bits per heavy atom. The molecule has 1 aromatic carbocycles. The number of carbonyl (C=O) groups is 1. The third kappa shape index (κ3) is 5.42. The van der Waals surface area contributed by atoms with Crippen LogP contribution in [0.25, 0.3) is 0 Å². The minimum absolute atomic E-state index is 0.145. The summed E-state index contributed by atoms with van der Waals surface area (Å²) in [5.41, 5.74) is 2.67. The molecule has 0 atom stereocenters. The maximum atomic E-state index is 13.1. The van der Waals surface area contributed by atoms with Crippen LogP contribution in [0, 0.1) is 6.92 Å². The van der Waals surface area contributed by atoms with Gasteiger partial charge in [0, 0.05) is 37.6 Å². The summed E-state index contributed by atoms with van der Waals surface area (Å²) in [4.78, 5) is 28.4. The quantitative estimate of drug-likeness (QED) is 0.744. The summed E-state index contributed by atoms with van der Waals surface area (Å²) in [6.07, 6.45) is 4.59. The van der Waals surface area contributed by atoms with Crippen molar-refractivity contribution >= 4 is 11.6 Å². The molecule has 0 radical (unpaired) electrons. The molecular formula is C24H32N4O3. The number of benzene rings is 1. The predicted molar refractivity (Wildman–Crippen MR) is 122 cm³/mol. The number of aromatic nitrogens is 1. The lowest BCUT2D eigenvalue weighted by Crippen LogP contribution is -2.37. The fourth-order valence-electron chi connectivity index (χ4n) is 4.35. The van der Waals surface area contributed by atoms with Gasteiger partial charge in [0.25, 0.3) is 11.5 Å². The Kier molecular flexibility index (Phi) is 7.17. The maximum Gasteiger partial charge on any atom is 0.263 e. The maximum absolute atomic E-state index is 13.1. The molecule has 31 heavy (non-hydrogen) atoms. The number of aryl methyl sites for hydroxylation is 1. The van der Waals surface area contributed by atoms with E-state index in [1.165, 1.54) is 5.56 Å². The zero-order valence-corrected chi connectivity index (χ0v) is 18.2. The van der Waals surface area contributed by atoms with E-state index in [-0.39, 0.29) is 23.1 Å². The number of anilines is 1. The van der Waals surface area contributed by atoms with Gasteiger partial charge in [-0.25, -0.2) is 0 Å². The van der Waals surface area contributed by atoms with Crippen molar-refractivity contribution in [1.82, 2.24) is 14.8 Å². The zero-order valence-electron chi connectivity index (χ0n) is 18.2. The molecule has 2 aliphatic heterocycles. The largest absolute Gasteiger partial charge is 0.379 e. The number of ether oxygens (including phenoxy) is 1. The molecule has 0 saturated carbocycles. The average Bonchev–Trinajstić information content (AvgIpc) is 2.80. The predicted octanol–water partition coefficient (Wildman–Crippen LogP) is 2.21. The molecule has 7 heteroatoms. The van der Waals surface area contributed by atoms with Crippen molar-refractivity contribution in [3.8, 4) is 0 Å². The van der Waals surface area contributed by atoms with Crippen LogP contribution in [0.15, 0.2) is 41.3 Å². The first-order valence-corrected chi connectivity index (χ1v) is 11.2. The normalized spacial score (nSPS) is 18.1.